The summed E-state index contributed by atoms with van der Waals surface area (Å²) < 4.78 is 15.5. The maximum absolute atomic E-state index is 13.3. The zero-order valence-electron chi connectivity index (χ0n) is 18.3. The van der Waals surface area contributed by atoms with Crippen LogP contribution in [0, 0.1) is 0 Å². The van der Waals surface area contributed by atoms with E-state index in [-0.39, 0.29) is 18.0 Å². The minimum atomic E-state index is -0.143. The number of rotatable bonds is 6. The van der Waals surface area contributed by atoms with E-state index in [1.807, 2.05) is 48.0 Å². The molecule has 0 saturated carbocycles. The number of fused-ring (bicyclic) bond motifs is 1. The number of halogens is 2. The number of thiazole rings is 1. The highest BCUT2D eigenvalue weighted by molar-refractivity contribution is 7.21. The summed E-state index contributed by atoms with van der Waals surface area (Å²) >= 11 is 7.35. The van der Waals surface area contributed by atoms with Gasteiger partial charge in [0.2, 0.25) is 0 Å². The third kappa shape index (κ3) is 4.52. The molecule has 0 aliphatic rings. The van der Waals surface area contributed by atoms with Gasteiger partial charge in [-0.05, 0) is 30.3 Å². The van der Waals surface area contributed by atoms with Gasteiger partial charge < -0.3 is 14.0 Å². The Labute approximate surface area is 210 Å². The SMILES string of the molecule is COc1cc(-n2ccc3nc(-c4ccc(Cl)cc4)sc3c2=O)ccc1OCc1cncn1C.Cl. The lowest BCUT2D eigenvalue weighted by Crippen LogP contribution is -2.16. The zero-order valence-corrected chi connectivity index (χ0v) is 20.7. The number of benzene rings is 2. The molecule has 34 heavy (non-hydrogen) atoms. The highest BCUT2D eigenvalue weighted by Crippen LogP contribution is 2.32. The number of pyridine rings is 1. The number of methoxy groups -OCH3 is 1. The Morgan fingerprint density at radius 3 is 2.59 bits per heavy atom. The average molecular weight is 515 g/mol. The van der Waals surface area contributed by atoms with Crippen molar-refractivity contribution in [2.75, 3.05) is 7.11 Å². The van der Waals surface area contributed by atoms with E-state index < -0.39 is 0 Å². The predicted octanol–water partition coefficient (Wildman–Crippen LogP) is 5.51. The van der Waals surface area contributed by atoms with Crippen LogP contribution in [0.5, 0.6) is 11.5 Å². The fourth-order valence-corrected chi connectivity index (χ4v) is 4.56. The van der Waals surface area contributed by atoms with Crippen molar-refractivity contribution in [3.8, 4) is 27.8 Å². The van der Waals surface area contributed by atoms with Crippen LogP contribution >= 0.6 is 35.3 Å². The molecule has 5 aromatic rings. The topological polar surface area (TPSA) is 71.2 Å². The van der Waals surface area contributed by atoms with Gasteiger partial charge >= 0.3 is 0 Å². The Hall–Kier alpha value is -3.33. The molecule has 0 fully saturated rings. The van der Waals surface area contributed by atoms with Crippen LogP contribution in [0.3, 0.4) is 0 Å². The molecule has 0 spiro atoms. The second-order valence-corrected chi connectivity index (χ2v) is 8.79. The molecule has 5 rings (SSSR count). The molecular weight excluding hydrogens is 495 g/mol. The summed E-state index contributed by atoms with van der Waals surface area (Å²) in [5.74, 6) is 1.12. The van der Waals surface area contributed by atoms with Crippen molar-refractivity contribution in [1.29, 1.82) is 0 Å². The second kappa shape index (κ2) is 9.89. The summed E-state index contributed by atoms with van der Waals surface area (Å²) in [4.78, 5) is 22.0. The van der Waals surface area contributed by atoms with E-state index in [1.165, 1.54) is 11.3 Å². The summed E-state index contributed by atoms with van der Waals surface area (Å²) in [6.07, 6.45) is 5.20. The second-order valence-electron chi connectivity index (χ2n) is 7.35. The van der Waals surface area contributed by atoms with Gasteiger partial charge in [-0.1, -0.05) is 23.7 Å². The molecule has 0 aliphatic heterocycles. The van der Waals surface area contributed by atoms with Crippen molar-refractivity contribution in [2.24, 2.45) is 7.05 Å². The molecular formula is C24H20Cl2N4O3S. The van der Waals surface area contributed by atoms with Crippen molar-refractivity contribution in [2.45, 2.75) is 6.61 Å². The van der Waals surface area contributed by atoms with Crippen LogP contribution in [-0.2, 0) is 13.7 Å². The number of hydrogen-bond donors (Lipinski definition) is 0. The highest BCUT2D eigenvalue weighted by Gasteiger charge is 2.14. The summed E-state index contributed by atoms with van der Waals surface area (Å²) in [6, 6.07) is 14.7. The van der Waals surface area contributed by atoms with Gasteiger partial charge in [0.1, 0.15) is 16.3 Å². The molecule has 0 radical (unpaired) electrons. The third-order valence-electron chi connectivity index (χ3n) is 5.26. The molecule has 0 saturated heterocycles. The van der Waals surface area contributed by atoms with E-state index in [0.717, 1.165) is 16.3 Å². The number of aryl methyl sites for hydroxylation is 1. The quantitative estimate of drug-likeness (QED) is 0.298. The van der Waals surface area contributed by atoms with Gasteiger partial charge in [-0.15, -0.1) is 23.7 Å². The lowest BCUT2D eigenvalue weighted by atomic mass is 10.2. The summed E-state index contributed by atoms with van der Waals surface area (Å²) in [6.45, 7) is 0.354. The number of imidazole rings is 1. The number of aromatic nitrogens is 4. The summed E-state index contributed by atoms with van der Waals surface area (Å²) in [5, 5.41) is 1.43. The molecule has 0 amide bonds. The van der Waals surface area contributed by atoms with Gasteiger partial charge in [0.25, 0.3) is 5.56 Å². The molecule has 174 valence electrons. The summed E-state index contributed by atoms with van der Waals surface area (Å²) in [7, 11) is 3.48. The van der Waals surface area contributed by atoms with Crippen LogP contribution in [0.1, 0.15) is 5.69 Å². The lowest BCUT2D eigenvalue weighted by molar-refractivity contribution is 0.277. The van der Waals surface area contributed by atoms with Gasteiger partial charge in [-0.25, -0.2) is 9.97 Å². The minimum Gasteiger partial charge on any atom is -0.493 e. The molecule has 3 aromatic heterocycles. The van der Waals surface area contributed by atoms with Crippen molar-refractivity contribution >= 4 is 45.6 Å². The van der Waals surface area contributed by atoms with Crippen LogP contribution < -0.4 is 15.0 Å². The maximum atomic E-state index is 13.3. The van der Waals surface area contributed by atoms with E-state index >= 15 is 0 Å². The fraction of sp³-hybridized carbons (Fsp3) is 0.125. The largest absolute Gasteiger partial charge is 0.493 e. The average Bonchev–Trinajstić information content (AvgIpc) is 3.45. The first kappa shape index (κ1) is 23.8. The molecule has 0 atom stereocenters. The van der Waals surface area contributed by atoms with E-state index in [9.17, 15) is 4.79 Å². The minimum absolute atomic E-state index is 0. The molecule has 10 heteroatoms. The fourth-order valence-electron chi connectivity index (χ4n) is 3.44. The van der Waals surface area contributed by atoms with Crippen molar-refractivity contribution in [3.63, 3.8) is 0 Å². The Bertz CT molecular complexity index is 1510. The molecule has 0 N–H and O–H groups in total. The Morgan fingerprint density at radius 2 is 1.88 bits per heavy atom. The smallest absolute Gasteiger partial charge is 0.274 e. The first-order valence-corrected chi connectivity index (χ1v) is 11.3. The molecule has 0 aliphatic carbocycles. The molecule has 0 unspecified atom stereocenters. The van der Waals surface area contributed by atoms with Gasteiger partial charge in [-0.2, -0.15) is 0 Å². The van der Waals surface area contributed by atoms with Crippen molar-refractivity contribution in [1.82, 2.24) is 19.1 Å². The number of nitrogens with zero attached hydrogens (tertiary/aromatic N) is 4. The zero-order chi connectivity index (χ0) is 22.9. The number of hydrogen-bond acceptors (Lipinski definition) is 6. The van der Waals surface area contributed by atoms with E-state index in [1.54, 1.807) is 42.5 Å². The molecule has 7 nitrogen and oxygen atoms in total. The molecule has 2 aromatic carbocycles. The highest BCUT2D eigenvalue weighted by atomic mass is 35.5. The first-order chi connectivity index (χ1) is 16.0. The lowest BCUT2D eigenvalue weighted by Gasteiger charge is -2.13. The van der Waals surface area contributed by atoms with Crippen molar-refractivity contribution in [3.05, 3.63) is 88.3 Å². The van der Waals surface area contributed by atoms with Gasteiger partial charge in [0.05, 0.1) is 36.5 Å². The van der Waals surface area contributed by atoms with Crippen LogP contribution in [0.15, 0.2) is 72.0 Å². The van der Waals surface area contributed by atoms with Crippen molar-refractivity contribution < 1.29 is 9.47 Å². The van der Waals surface area contributed by atoms with Crippen LogP contribution in [0.4, 0.5) is 0 Å². The van der Waals surface area contributed by atoms with Crippen LogP contribution in [-0.4, -0.2) is 26.2 Å². The first-order valence-electron chi connectivity index (χ1n) is 10.1. The normalized spacial score (nSPS) is 10.8. The Kier molecular flexibility index (Phi) is 6.92. The van der Waals surface area contributed by atoms with E-state index in [4.69, 9.17) is 21.1 Å². The standard InChI is InChI=1S/C24H19ClN4O3S.ClH/c1-28-14-26-12-18(28)13-32-20-8-7-17(11-21(20)31-2)29-10-9-19-22(24(29)30)33-23(27-19)15-3-5-16(25)6-4-15;/h3-12,14H,13H2,1-2H3;1H. The van der Waals surface area contributed by atoms with E-state index in [2.05, 4.69) is 9.97 Å². The maximum Gasteiger partial charge on any atom is 0.274 e. The Morgan fingerprint density at radius 1 is 1.09 bits per heavy atom. The number of ether oxygens (including phenoxy) is 2. The molecule has 3 heterocycles. The van der Waals surface area contributed by atoms with E-state index in [0.29, 0.717) is 39.0 Å². The molecule has 0 bridgehead atoms. The van der Waals surface area contributed by atoms with Crippen LogP contribution in [0.25, 0.3) is 26.5 Å². The third-order valence-corrected chi connectivity index (χ3v) is 6.62. The van der Waals surface area contributed by atoms with Crippen LogP contribution in [0.2, 0.25) is 5.02 Å². The van der Waals surface area contributed by atoms with Gasteiger partial charge in [0.15, 0.2) is 11.5 Å². The monoisotopic (exact) mass is 514 g/mol. The predicted molar refractivity (Wildman–Crippen MR) is 137 cm³/mol. The Balaban J connectivity index is 0.00000274. The summed E-state index contributed by atoms with van der Waals surface area (Å²) in [5.41, 5.74) is 3.05. The van der Waals surface area contributed by atoms with Gasteiger partial charge in [-0.3, -0.25) is 9.36 Å². The van der Waals surface area contributed by atoms with Gasteiger partial charge in [0, 0.05) is 29.9 Å².